The van der Waals surface area contributed by atoms with E-state index in [-0.39, 0.29) is 30.9 Å². The summed E-state index contributed by atoms with van der Waals surface area (Å²) < 4.78 is 25.2. The average molecular weight is 560 g/mol. The van der Waals surface area contributed by atoms with Gasteiger partial charge >= 0.3 is 17.9 Å². The lowest BCUT2D eigenvalue weighted by Gasteiger charge is -2.69. The zero-order chi connectivity index (χ0) is 29.0. The maximum atomic E-state index is 13.5. The summed E-state index contributed by atoms with van der Waals surface area (Å²) in [4.78, 5) is 43.4. The van der Waals surface area contributed by atoms with E-state index in [1.807, 2.05) is 25.1 Å². The normalized spacial score (nSPS) is 37.8. The number of cyclic esters (lactones) is 1. The standard InChI is InChI=1S/C33H37NO7/c1-21-10-8-14-24-31(21,3)25(39-28(36)22-11-6-5-7-12-22)16-30(2)32(24,4)26(17-33(41-30)18-27(35)38-20-33)40-29(37)23-13-9-15-34-19-23/h5-7,9-13,15,19,24-26H,8,14,16-18,20H2,1-4H3/t24-,25-,26-,30-,31-,32-,33-/m0/s1. The van der Waals surface area contributed by atoms with Gasteiger partial charge in [-0.2, -0.15) is 0 Å². The van der Waals surface area contributed by atoms with Crippen molar-refractivity contribution in [2.45, 2.75) is 83.2 Å². The van der Waals surface area contributed by atoms with Crippen molar-refractivity contribution in [2.24, 2.45) is 16.7 Å². The number of pyridine rings is 1. The van der Waals surface area contributed by atoms with Crippen LogP contribution >= 0.6 is 0 Å². The number of esters is 3. The smallest absolute Gasteiger partial charge is 0.339 e. The molecule has 1 aromatic heterocycles. The molecule has 1 spiro atoms. The van der Waals surface area contributed by atoms with Gasteiger partial charge in [0.15, 0.2) is 0 Å². The Bertz CT molecular complexity index is 1390. The molecule has 0 radical (unpaired) electrons. The molecule has 7 atom stereocenters. The van der Waals surface area contributed by atoms with Gasteiger partial charge in [0.05, 0.1) is 23.1 Å². The average Bonchev–Trinajstić information content (AvgIpc) is 3.31. The molecule has 0 N–H and O–H groups in total. The van der Waals surface area contributed by atoms with Crippen LogP contribution in [-0.4, -0.2) is 52.9 Å². The van der Waals surface area contributed by atoms with Crippen LogP contribution in [0.25, 0.3) is 0 Å². The molecule has 3 heterocycles. The van der Waals surface area contributed by atoms with Gasteiger partial charge in [-0.25, -0.2) is 9.59 Å². The van der Waals surface area contributed by atoms with Crippen LogP contribution in [0.5, 0.6) is 0 Å². The van der Waals surface area contributed by atoms with E-state index in [1.165, 1.54) is 6.20 Å². The zero-order valence-corrected chi connectivity index (χ0v) is 24.1. The molecule has 0 bridgehead atoms. The van der Waals surface area contributed by atoms with Crippen molar-refractivity contribution in [3.05, 3.63) is 77.6 Å². The topological polar surface area (TPSA) is 101 Å². The summed E-state index contributed by atoms with van der Waals surface area (Å²) in [5.74, 6) is -1.23. The third kappa shape index (κ3) is 4.30. The second-order valence-corrected chi connectivity index (χ2v) is 12.7. The van der Waals surface area contributed by atoms with Crippen molar-refractivity contribution in [2.75, 3.05) is 6.61 Å². The number of benzene rings is 1. The predicted octanol–water partition coefficient (Wildman–Crippen LogP) is 5.47. The first-order valence-corrected chi connectivity index (χ1v) is 14.4. The molecule has 8 nitrogen and oxygen atoms in total. The van der Waals surface area contributed by atoms with Crippen LogP contribution in [0, 0.1) is 16.7 Å². The van der Waals surface area contributed by atoms with Gasteiger partial charge in [-0.1, -0.05) is 43.7 Å². The number of aromatic nitrogens is 1. The highest BCUT2D eigenvalue weighted by atomic mass is 16.6. The lowest BCUT2D eigenvalue weighted by Crippen LogP contribution is -2.74. The van der Waals surface area contributed by atoms with Gasteiger partial charge in [-0.15, -0.1) is 0 Å². The molecule has 6 rings (SSSR count). The van der Waals surface area contributed by atoms with Gasteiger partial charge in [0.1, 0.15) is 24.4 Å². The van der Waals surface area contributed by atoms with Gasteiger partial charge in [0.25, 0.3) is 0 Å². The van der Waals surface area contributed by atoms with Crippen LogP contribution in [0.15, 0.2) is 66.5 Å². The van der Waals surface area contributed by atoms with E-state index in [2.05, 4.69) is 31.8 Å². The fraction of sp³-hybridized carbons (Fsp3) is 0.515. The molecular weight excluding hydrogens is 522 g/mol. The van der Waals surface area contributed by atoms with Crippen molar-refractivity contribution in [3.8, 4) is 0 Å². The predicted molar refractivity (Wildman–Crippen MR) is 149 cm³/mol. The van der Waals surface area contributed by atoms with Gasteiger partial charge in [0.2, 0.25) is 0 Å². The summed E-state index contributed by atoms with van der Waals surface area (Å²) in [6, 6.07) is 12.4. The molecule has 1 aromatic carbocycles. The number of allylic oxidation sites excluding steroid dienone is 1. The number of carbonyl (C=O) groups excluding carboxylic acids is 3. The molecule has 1 saturated carbocycles. The van der Waals surface area contributed by atoms with Crippen LogP contribution in [0.3, 0.4) is 0 Å². The molecule has 0 amide bonds. The Balaban J connectivity index is 1.44. The van der Waals surface area contributed by atoms with Crippen LogP contribution in [0.4, 0.5) is 0 Å². The van der Waals surface area contributed by atoms with E-state index in [1.54, 1.807) is 30.5 Å². The second kappa shape index (κ2) is 9.79. The zero-order valence-electron chi connectivity index (χ0n) is 24.1. The largest absolute Gasteiger partial charge is 0.462 e. The Labute approximate surface area is 240 Å². The highest BCUT2D eigenvalue weighted by Gasteiger charge is 2.73. The monoisotopic (exact) mass is 559 g/mol. The molecule has 8 heteroatoms. The lowest BCUT2D eigenvalue weighted by molar-refractivity contribution is -0.329. The fourth-order valence-corrected chi connectivity index (χ4v) is 8.16. The summed E-state index contributed by atoms with van der Waals surface area (Å²) in [6.45, 7) is 8.54. The maximum absolute atomic E-state index is 13.5. The number of rotatable bonds is 4. The second-order valence-electron chi connectivity index (χ2n) is 12.7. The van der Waals surface area contributed by atoms with E-state index >= 15 is 0 Å². The number of ether oxygens (including phenoxy) is 4. The number of fused-ring (bicyclic) bond motifs is 3. The number of hydrogen-bond acceptors (Lipinski definition) is 8. The third-order valence-corrected chi connectivity index (χ3v) is 10.6. The van der Waals surface area contributed by atoms with Crippen LogP contribution in [-0.2, 0) is 23.7 Å². The van der Waals surface area contributed by atoms with Gasteiger partial charge in [-0.3, -0.25) is 9.78 Å². The van der Waals surface area contributed by atoms with Crippen molar-refractivity contribution < 1.29 is 33.3 Å². The molecule has 3 fully saturated rings. The van der Waals surface area contributed by atoms with Crippen molar-refractivity contribution in [1.82, 2.24) is 4.98 Å². The highest BCUT2D eigenvalue weighted by molar-refractivity contribution is 5.90. The first-order valence-electron chi connectivity index (χ1n) is 14.4. The summed E-state index contributed by atoms with van der Waals surface area (Å²) in [5.41, 5.74) is -1.02. The van der Waals surface area contributed by atoms with Crippen molar-refractivity contribution in [3.63, 3.8) is 0 Å². The summed E-state index contributed by atoms with van der Waals surface area (Å²) in [5, 5.41) is 0. The molecule has 2 aliphatic carbocycles. The molecule has 41 heavy (non-hydrogen) atoms. The molecule has 2 aliphatic heterocycles. The van der Waals surface area contributed by atoms with E-state index in [0.29, 0.717) is 24.0 Å². The third-order valence-electron chi connectivity index (χ3n) is 10.6. The number of carbonyl (C=O) groups is 3. The first kappa shape index (κ1) is 27.6. The highest BCUT2D eigenvalue weighted by Crippen LogP contribution is 2.68. The number of hydrogen-bond donors (Lipinski definition) is 0. The molecule has 2 aromatic rings. The first-order chi connectivity index (χ1) is 19.5. The van der Waals surface area contributed by atoms with E-state index in [9.17, 15) is 14.4 Å². The Morgan fingerprint density at radius 2 is 1.66 bits per heavy atom. The van der Waals surface area contributed by atoms with Crippen LogP contribution in [0.1, 0.15) is 80.5 Å². The maximum Gasteiger partial charge on any atom is 0.339 e. The minimum absolute atomic E-state index is 0.0469. The molecule has 0 unspecified atom stereocenters. The van der Waals surface area contributed by atoms with Crippen LogP contribution < -0.4 is 0 Å². The van der Waals surface area contributed by atoms with Crippen molar-refractivity contribution in [1.29, 1.82) is 0 Å². The SMILES string of the molecule is CC1=CCC[C@H]2[C@@]1(C)[C@@H](OC(=O)c1ccccc1)C[C@]1(C)O[C@@]3(COC(=O)C3)C[C@H](OC(=O)c3cccnc3)[C@]21C. The van der Waals surface area contributed by atoms with E-state index in [0.717, 1.165) is 18.4 Å². The Hall–Kier alpha value is -3.52. The summed E-state index contributed by atoms with van der Waals surface area (Å²) >= 11 is 0. The molecule has 2 saturated heterocycles. The minimum Gasteiger partial charge on any atom is -0.462 e. The van der Waals surface area contributed by atoms with Gasteiger partial charge < -0.3 is 18.9 Å². The fourth-order valence-electron chi connectivity index (χ4n) is 8.16. The van der Waals surface area contributed by atoms with Gasteiger partial charge in [0, 0.05) is 36.1 Å². The Morgan fingerprint density at radius 1 is 0.951 bits per heavy atom. The Kier molecular flexibility index (Phi) is 6.60. The molecule has 216 valence electrons. The molecular formula is C33H37NO7. The van der Waals surface area contributed by atoms with E-state index < -0.39 is 40.2 Å². The Morgan fingerprint density at radius 3 is 2.34 bits per heavy atom. The molecule has 4 aliphatic rings. The summed E-state index contributed by atoms with van der Waals surface area (Å²) in [7, 11) is 0. The van der Waals surface area contributed by atoms with E-state index in [4.69, 9.17) is 18.9 Å². The van der Waals surface area contributed by atoms with Gasteiger partial charge in [-0.05, 0) is 56.9 Å². The minimum atomic E-state index is -0.938. The number of nitrogens with zero attached hydrogens (tertiary/aromatic N) is 1. The lowest BCUT2D eigenvalue weighted by atomic mass is 9.42. The van der Waals surface area contributed by atoms with Crippen LogP contribution in [0.2, 0.25) is 0 Å². The van der Waals surface area contributed by atoms with Crippen molar-refractivity contribution >= 4 is 17.9 Å². The quantitative estimate of drug-likeness (QED) is 0.276. The summed E-state index contributed by atoms with van der Waals surface area (Å²) in [6.07, 6.45) is 6.71.